The molecular weight excluding hydrogens is 311 g/mol. The predicted molar refractivity (Wildman–Crippen MR) is 86.4 cm³/mol. The molecule has 5 heteroatoms. The van der Waals surface area contributed by atoms with Crippen LogP contribution in [0.3, 0.4) is 0 Å². The minimum absolute atomic E-state index is 0.592. The quantitative estimate of drug-likeness (QED) is 0.617. The Bertz CT molecular complexity index is 806. The SMILES string of the molecule is S=c1[nH]c(-c2ccc(Cl)cc2Cl)cn1-c1ccccc1. The van der Waals surface area contributed by atoms with E-state index in [1.54, 1.807) is 12.1 Å². The zero-order valence-electron chi connectivity index (χ0n) is 10.3. The normalized spacial score (nSPS) is 10.7. The van der Waals surface area contributed by atoms with Gasteiger partial charge in [0.05, 0.1) is 10.7 Å². The fraction of sp³-hybridized carbons (Fsp3) is 0. The summed E-state index contributed by atoms with van der Waals surface area (Å²) in [5, 5.41) is 1.20. The van der Waals surface area contributed by atoms with Crippen LogP contribution in [0.25, 0.3) is 16.9 Å². The van der Waals surface area contributed by atoms with Gasteiger partial charge < -0.3 is 4.98 Å². The summed E-state index contributed by atoms with van der Waals surface area (Å²) >= 11 is 17.5. The number of hydrogen-bond donors (Lipinski definition) is 1. The van der Waals surface area contributed by atoms with Crippen LogP contribution in [0.5, 0.6) is 0 Å². The summed E-state index contributed by atoms with van der Waals surface area (Å²) < 4.78 is 2.53. The highest BCUT2D eigenvalue weighted by Gasteiger charge is 2.08. The highest BCUT2D eigenvalue weighted by Crippen LogP contribution is 2.29. The van der Waals surface area contributed by atoms with Crippen LogP contribution in [-0.4, -0.2) is 9.55 Å². The Balaban J connectivity index is 2.12. The number of para-hydroxylation sites is 1. The number of aromatic nitrogens is 2. The summed E-state index contributed by atoms with van der Waals surface area (Å²) in [6, 6.07) is 15.3. The molecule has 3 aromatic rings. The summed E-state index contributed by atoms with van der Waals surface area (Å²) in [4.78, 5) is 3.17. The molecule has 1 N–H and O–H groups in total. The largest absolute Gasteiger partial charge is 0.330 e. The molecule has 0 aliphatic carbocycles. The van der Waals surface area contributed by atoms with Crippen LogP contribution in [0.15, 0.2) is 54.7 Å². The molecular formula is C15H10Cl2N2S. The van der Waals surface area contributed by atoms with Crippen LogP contribution < -0.4 is 0 Å². The van der Waals surface area contributed by atoms with Crippen LogP contribution in [0, 0.1) is 4.77 Å². The smallest absolute Gasteiger partial charge is 0.182 e. The number of H-pyrrole nitrogens is 1. The van der Waals surface area contributed by atoms with Crippen LogP contribution in [-0.2, 0) is 0 Å². The summed E-state index contributed by atoms with van der Waals surface area (Å²) in [6.45, 7) is 0. The van der Waals surface area contributed by atoms with E-state index in [-0.39, 0.29) is 0 Å². The van der Waals surface area contributed by atoms with E-state index in [0.717, 1.165) is 16.9 Å². The molecule has 0 amide bonds. The van der Waals surface area contributed by atoms with E-state index in [1.807, 2.05) is 47.2 Å². The molecule has 0 saturated carbocycles. The molecule has 1 aromatic heterocycles. The van der Waals surface area contributed by atoms with Gasteiger partial charge in [-0.3, -0.25) is 4.57 Å². The number of rotatable bonds is 2. The van der Waals surface area contributed by atoms with Gasteiger partial charge in [-0.1, -0.05) is 41.4 Å². The van der Waals surface area contributed by atoms with Crippen molar-refractivity contribution in [2.24, 2.45) is 0 Å². The maximum Gasteiger partial charge on any atom is 0.182 e. The number of halogens is 2. The first kappa shape index (κ1) is 13.4. The Hall–Kier alpha value is -1.55. The lowest BCUT2D eigenvalue weighted by molar-refractivity contribution is 1.03. The zero-order chi connectivity index (χ0) is 14.1. The standard InChI is InChI=1S/C15H10Cl2N2S/c16-10-6-7-12(13(17)8-10)14-9-19(15(20)18-14)11-4-2-1-3-5-11/h1-9H,(H,18,20). The second-order valence-corrected chi connectivity index (χ2v) is 5.53. The molecule has 3 rings (SSSR count). The van der Waals surface area contributed by atoms with E-state index < -0.39 is 0 Å². The van der Waals surface area contributed by atoms with Crippen LogP contribution >= 0.6 is 35.4 Å². The van der Waals surface area contributed by atoms with Crippen molar-refractivity contribution < 1.29 is 0 Å². The van der Waals surface area contributed by atoms with E-state index in [4.69, 9.17) is 35.4 Å². The summed E-state index contributed by atoms with van der Waals surface area (Å²) in [5.74, 6) is 0. The van der Waals surface area contributed by atoms with E-state index in [2.05, 4.69) is 4.98 Å². The Morgan fingerprint density at radius 1 is 1.00 bits per heavy atom. The van der Waals surface area contributed by atoms with Crippen molar-refractivity contribution in [2.45, 2.75) is 0 Å². The van der Waals surface area contributed by atoms with Gasteiger partial charge in [-0.25, -0.2) is 0 Å². The fourth-order valence-electron chi connectivity index (χ4n) is 2.02. The lowest BCUT2D eigenvalue weighted by atomic mass is 10.2. The summed E-state index contributed by atoms with van der Waals surface area (Å²) in [5.41, 5.74) is 2.74. The molecule has 0 bridgehead atoms. The average Bonchev–Trinajstić information content (AvgIpc) is 2.81. The van der Waals surface area contributed by atoms with Crippen LogP contribution in [0.2, 0.25) is 10.0 Å². The van der Waals surface area contributed by atoms with E-state index in [1.165, 1.54) is 0 Å². The molecule has 20 heavy (non-hydrogen) atoms. The first-order chi connectivity index (χ1) is 9.65. The monoisotopic (exact) mass is 320 g/mol. The van der Waals surface area contributed by atoms with E-state index >= 15 is 0 Å². The third kappa shape index (κ3) is 2.52. The second-order valence-electron chi connectivity index (χ2n) is 4.30. The topological polar surface area (TPSA) is 20.7 Å². The van der Waals surface area contributed by atoms with Gasteiger partial charge in [-0.05, 0) is 42.5 Å². The van der Waals surface area contributed by atoms with E-state index in [0.29, 0.717) is 14.8 Å². The van der Waals surface area contributed by atoms with Crippen molar-refractivity contribution >= 4 is 35.4 Å². The van der Waals surface area contributed by atoms with E-state index in [9.17, 15) is 0 Å². The first-order valence-electron chi connectivity index (χ1n) is 5.97. The second kappa shape index (κ2) is 5.44. The Morgan fingerprint density at radius 2 is 1.75 bits per heavy atom. The molecule has 0 spiro atoms. The van der Waals surface area contributed by atoms with Gasteiger partial charge in [0.15, 0.2) is 4.77 Å². The molecule has 1 heterocycles. The Kier molecular flexibility index (Phi) is 3.66. The predicted octanol–water partition coefficient (Wildman–Crippen LogP) is 5.51. The van der Waals surface area contributed by atoms with Crippen molar-refractivity contribution in [1.82, 2.24) is 9.55 Å². The minimum atomic E-state index is 0.592. The van der Waals surface area contributed by atoms with Crippen LogP contribution in [0.4, 0.5) is 0 Å². The number of nitrogens with one attached hydrogen (secondary N) is 1. The highest BCUT2D eigenvalue weighted by molar-refractivity contribution is 7.71. The van der Waals surface area contributed by atoms with Gasteiger partial charge in [-0.15, -0.1) is 0 Å². The average molecular weight is 321 g/mol. The Morgan fingerprint density at radius 3 is 2.45 bits per heavy atom. The van der Waals surface area contributed by atoms with Crippen molar-refractivity contribution in [3.8, 4) is 16.9 Å². The lowest BCUT2D eigenvalue weighted by Crippen LogP contribution is -1.90. The molecule has 0 fully saturated rings. The third-order valence-electron chi connectivity index (χ3n) is 2.97. The van der Waals surface area contributed by atoms with Gasteiger partial charge >= 0.3 is 0 Å². The maximum atomic E-state index is 6.22. The number of aromatic amines is 1. The number of nitrogens with zero attached hydrogens (tertiary/aromatic N) is 1. The zero-order valence-corrected chi connectivity index (χ0v) is 12.6. The van der Waals surface area contributed by atoms with Gasteiger partial charge in [0.1, 0.15) is 0 Å². The maximum absolute atomic E-state index is 6.22. The van der Waals surface area contributed by atoms with Crippen molar-refractivity contribution in [3.63, 3.8) is 0 Å². The Labute approximate surface area is 131 Å². The first-order valence-corrected chi connectivity index (χ1v) is 7.14. The number of imidazole rings is 1. The molecule has 0 atom stereocenters. The van der Waals surface area contributed by atoms with Gasteiger partial charge in [0, 0.05) is 22.5 Å². The molecule has 2 nitrogen and oxygen atoms in total. The molecule has 100 valence electrons. The molecule has 0 radical (unpaired) electrons. The molecule has 0 aliphatic heterocycles. The fourth-order valence-corrected chi connectivity index (χ4v) is 2.80. The molecule has 0 aliphatic rings. The molecule has 2 aromatic carbocycles. The number of hydrogen-bond acceptors (Lipinski definition) is 1. The number of benzene rings is 2. The van der Waals surface area contributed by atoms with Crippen molar-refractivity contribution in [2.75, 3.05) is 0 Å². The summed E-state index contributed by atoms with van der Waals surface area (Å²) in [6.07, 6.45) is 1.94. The van der Waals surface area contributed by atoms with Crippen LogP contribution in [0.1, 0.15) is 0 Å². The van der Waals surface area contributed by atoms with Gasteiger partial charge in [0.25, 0.3) is 0 Å². The summed E-state index contributed by atoms with van der Waals surface area (Å²) in [7, 11) is 0. The highest BCUT2D eigenvalue weighted by atomic mass is 35.5. The van der Waals surface area contributed by atoms with Gasteiger partial charge in [-0.2, -0.15) is 0 Å². The van der Waals surface area contributed by atoms with Gasteiger partial charge in [0.2, 0.25) is 0 Å². The molecule has 0 saturated heterocycles. The minimum Gasteiger partial charge on any atom is -0.330 e. The van der Waals surface area contributed by atoms with Crippen molar-refractivity contribution in [3.05, 3.63) is 69.5 Å². The van der Waals surface area contributed by atoms with Crippen molar-refractivity contribution in [1.29, 1.82) is 0 Å². The molecule has 0 unspecified atom stereocenters. The third-order valence-corrected chi connectivity index (χ3v) is 3.82. The lowest BCUT2D eigenvalue weighted by Gasteiger charge is -2.02.